The second kappa shape index (κ2) is 10.5. The molecule has 1 unspecified atom stereocenters. The van der Waals surface area contributed by atoms with Crippen LogP contribution in [0, 0.1) is 5.82 Å². The third-order valence-corrected chi connectivity index (χ3v) is 2.76. The van der Waals surface area contributed by atoms with Crippen molar-refractivity contribution in [3.8, 4) is 5.75 Å². The molecule has 0 heterocycles. The Hall–Kier alpha value is -1.21. The van der Waals surface area contributed by atoms with Crippen LogP contribution in [-0.4, -0.2) is 46.8 Å². The van der Waals surface area contributed by atoms with E-state index < -0.39 is 0 Å². The Kier molecular flexibility index (Phi) is 8.93. The summed E-state index contributed by atoms with van der Waals surface area (Å²) in [6, 6.07) is 4.14. The maximum atomic E-state index is 13.2. The standard InChI is InChI=1S/C15H24FNO4/c1-12(17)14-4-3-13(16)11-15(14)21-10-9-20-8-7-19-6-5-18-2/h3-4,11-12H,5-10,17H2,1-2H3. The number of hydrogen-bond acceptors (Lipinski definition) is 5. The van der Waals surface area contributed by atoms with Gasteiger partial charge in [0.2, 0.25) is 0 Å². The van der Waals surface area contributed by atoms with Gasteiger partial charge in [0.15, 0.2) is 0 Å². The van der Waals surface area contributed by atoms with Crippen molar-refractivity contribution < 1.29 is 23.3 Å². The molecule has 5 nitrogen and oxygen atoms in total. The van der Waals surface area contributed by atoms with Crippen molar-refractivity contribution in [3.05, 3.63) is 29.6 Å². The van der Waals surface area contributed by atoms with Crippen LogP contribution in [0.3, 0.4) is 0 Å². The molecule has 0 fully saturated rings. The summed E-state index contributed by atoms with van der Waals surface area (Å²) in [6.45, 7) is 4.68. The Labute approximate surface area is 125 Å². The molecule has 1 aromatic carbocycles. The van der Waals surface area contributed by atoms with E-state index in [2.05, 4.69) is 0 Å². The van der Waals surface area contributed by atoms with Gasteiger partial charge >= 0.3 is 0 Å². The van der Waals surface area contributed by atoms with Crippen LogP contribution in [-0.2, 0) is 14.2 Å². The molecule has 0 amide bonds. The van der Waals surface area contributed by atoms with E-state index in [9.17, 15) is 4.39 Å². The molecule has 0 aliphatic carbocycles. The van der Waals surface area contributed by atoms with Crippen LogP contribution in [0.25, 0.3) is 0 Å². The van der Waals surface area contributed by atoms with Gasteiger partial charge in [-0.05, 0) is 13.0 Å². The highest BCUT2D eigenvalue weighted by atomic mass is 19.1. The largest absolute Gasteiger partial charge is 0.491 e. The fourth-order valence-corrected chi connectivity index (χ4v) is 1.68. The quantitative estimate of drug-likeness (QED) is 0.633. The summed E-state index contributed by atoms with van der Waals surface area (Å²) in [5, 5.41) is 0. The molecule has 21 heavy (non-hydrogen) atoms. The fraction of sp³-hybridized carbons (Fsp3) is 0.600. The Morgan fingerprint density at radius 2 is 1.67 bits per heavy atom. The Morgan fingerprint density at radius 1 is 1.05 bits per heavy atom. The molecule has 0 saturated heterocycles. The number of benzene rings is 1. The maximum absolute atomic E-state index is 13.2. The third-order valence-electron chi connectivity index (χ3n) is 2.76. The van der Waals surface area contributed by atoms with Crippen molar-refractivity contribution in [3.63, 3.8) is 0 Å². The van der Waals surface area contributed by atoms with Crippen molar-refractivity contribution in [2.45, 2.75) is 13.0 Å². The molecule has 0 aromatic heterocycles. The summed E-state index contributed by atoms with van der Waals surface area (Å²) in [5.41, 5.74) is 6.59. The Morgan fingerprint density at radius 3 is 2.29 bits per heavy atom. The van der Waals surface area contributed by atoms with E-state index in [1.807, 2.05) is 6.92 Å². The van der Waals surface area contributed by atoms with Crippen LogP contribution in [0.4, 0.5) is 4.39 Å². The molecular weight excluding hydrogens is 277 g/mol. The van der Waals surface area contributed by atoms with E-state index in [0.29, 0.717) is 45.4 Å². The van der Waals surface area contributed by atoms with Crippen molar-refractivity contribution >= 4 is 0 Å². The minimum absolute atomic E-state index is 0.212. The van der Waals surface area contributed by atoms with E-state index in [-0.39, 0.29) is 11.9 Å². The molecule has 0 spiro atoms. The topological polar surface area (TPSA) is 62.9 Å². The summed E-state index contributed by atoms with van der Waals surface area (Å²) in [4.78, 5) is 0. The first-order chi connectivity index (χ1) is 10.1. The monoisotopic (exact) mass is 301 g/mol. The molecule has 6 heteroatoms. The van der Waals surface area contributed by atoms with Crippen molar-refractivity contribution in [2.75, 3.05) is 46.8 Å². The van der Waals surface area contributed by atoms with Crippen molar-refractivity contribution in [2.24, 2.45) is 5.73 Å². The summed E-state index contributed by atoms with van der Waals surface area (Å²) in [5.74, 6) is 0.117. The van der Waals surface area contributed by atoms with Gasteiger partial charge in [-0.1, -0.05) is 6.07 Å². The van der Waals surface area contributed by atoms with E-state index in [1.165, 1.54) is 12.1 Å². The zero-order valence-corrected chi connectivity index (χ0v) is 12.6. The van der Waals surface area contributed by atoms with Gasteiger partial charge in [0.1, 0.15) is 18.2 Å². The highest BCUT2D eigenvalue weighted by Crippen LogP contribution is 2.24. The number of hydrogen-bond donors (Lipinski definition) is 1. The predicted octanol–water partition coefficient (Wildman–Crippen LogP) is 1.90. The molecule has 0 aliphatic heterocycles. The molecule has 1 aromatic rings. The van der Waals surface area contributed by atoms with Crippen molar-refractivity contribution in [1.82, 2.24) is 0 Å². The zero-order chi connectivity index (χ0) is 15.5. The Balaban J connectivity index is 2.19. The smallest absolute Gasteiger partial charge is 0.127 e. The second-order valence-electron chi connectivity index (χ2n) is 4.54. The Bertz CT molecular complexity index is 401. The minimum atomic E-state index is -0.345. The summed E-state index contributed by atoms with van der Waals surface area (Å²) < 4.78 is 34.2. The summed E-state index contributed by atoms with van der Waals surface area (Å²) >= 11 is 0. The van der Waals surface area contributed by atoms with Crippen LogP contribution in [0.15, 0.2) is 18.2 Å². The number of halogens is 1. The maximum Gasteiger partial charge on any atom is 0.127 e. The van der Waals surface area contributed by atoms with E-state index in [1.54, 1.807) is 13.2 Å². The highest BCUT2D eigenvalue weighted by Gasteiger charge is 2.09. The lowest BCUT2D eigenvalue weighted by atomic mass is 10.1. The molecule has 0 radical (unpaired) electrons. The first-order valence-corrected chi connectivity index (χ1v) is 6.97. The third kappa shape index (κ3) is 7.38. The van der Waals surface area contributed by atoms with E-state index >= 15 is 0 Å². The van der Waals surface area contributed by atoms with Gasteiger partial charge in [-0.3, -0.25) is 0 Å². The first kappa shape index (κ1) is 17.8. The van der Waals surface area contributed by atoms with Crippen LogP contribution in [0.2, 0.25) is 0 Å². The van der Waals surface area contributed by atoms with Gasteiger partial charge in [0, 0.05) is 24.8 Å². The molecule has 1 rings (SSSR count). The number of ether oxygens (including phenoxy) is 4. The van der Waals surface area contributed by atoms with Crippen LogP contribution in [0.5, 0.6) is 5.75 Å². The molecule has 0 aliphatic rings. The number of nitrogens with two attached hydrogens (primary N) is 1. The van der Waals surface area contributed by atoms with Gasteiger partial charge in [-0.2, -0.15) is 0 Å². The van der Waals surface area contributed by atoms with Gasteiger partial charge in [-0.25, -0.2) is 4.39 Å². The first-order valence-electron chi connectivity index (χ1n) is 6.97. The predicted molar refractivity (Wildman–Crippen MR) is 78.0 cm³/mol. The molecule has 1 atom stereocenters. The lowest BCUT2D eigenvalue weighted by Gasteiger charge is -2.14. The van der Waals surface area contributed by atoms with E-state index in [4.69, 9.17) is 24.7 Å². The summed E-state index contributed by atoms with van der Waals surface area (Å²) in [6.07, 6.45) is 0. The zero-order valence-electron chi connectivity index (χ0n) is 12.6. The average Bonchev–Trinajstić information content (AvgIpc) is 2.45. The molecule has 0 saturated carbocycles. The van der Waals surface area contributed by atoms with Gasteiger partial charge in [-0.15, -0.1) is 0 Å². The SMILES string of the molecule is COCCOCCOCCOc1cc(F)ccc1C(C)N. The lowest BCUT2D eigenvalue weighted by molar-refractivity contribution is 0.0179. The molecule has 0 bridgehead atoms. The summed E-state index contributed by atoms with van der Waals surface area (Å²) in [7, 11) is 1.63. The van der Waals surface area contributed by atoms with Crippen molar-refractivity contribution in [1.29, 1.82) is 0 Å². The van der Waals surface area contributed by atoms with Gasteiger partial charge in [0.25, 0.3) is 0 Å². The van der Waals surface area contributed by atoms with Crippen LogP contribution >= 0.6 is 0 Å². The molecule has 120 valence electrons. The minimum Gasteiger partial charge on any atom is -0.491 e. The van der Waals surface area contributed by atoms with Gasteiger partial charge in [0.05, 0.1) is 33.0 Å². The van der Waals surface area contributed by atoms with Gasteiger partial charge < -0.3 is 24.7 Å². The molecule has 2 N–H and O–H groups in total. The second-order valence-corrected chi connectivity index (χ2v) is 4.54. The number of methoxy groups -OCH3 is 1. The number of rotatable bonds is 11. The normalized spacial score (nSPS) is 12.4. The lowest BCUT2D eigenvalue weighted by Crippen LogP contribution is -2.14. The van der Waals surface area contributed by atoms with Crippen LogP contribution in [0.1, 0.15) is 18.5 Å². The fourth-order valence-electron chi connectivity index (χ4n) is 1.68. The molecular formula is C15H24FNO4. The van der Waals surface area contributed by atoms with Crippen LogP contribution < -0.4 is 10.5 Å². The highest BCUT2D eigenvalue weighted by molar-refractivity contribution is 5.36. The average molecular weight is 301 g/mol. The van der Waals surface area contributed by atoms with E-state index in [0.717, 1.165) is 5.56 Å².